The van der Waals surface area contributed by atoms with E-state index >= 15 is 0 Å². The lowest BCUT2D eigenvalue weighted by Crippen LogP contribution is -2.23. The summed E-state index contributed by atoms with van der Waals surface area (Å²) in [6.07, 6.45) is 0. The molecule has 0 amide bonds. The molecule has 0 aliphatic carbocycles. The standard InChI is InChI=1S/C23H13Cl3N2OS2/c24-14-9-10-15(18(26)11-14)20-21-27(12-13-5-1-3-7-17(13)25)22(29)16-6-2-4-8-19(16)28(21)23(30)31-20/h1-11H,12H2. The van der Waals surface area contributed by atoms with Gasteiger partial charge in [-0.3, -0.25) is 13.8 Å². The van der Waals surface area contributed by atoms with Crippen molar-refractivity contribution in [2.24, 2.45) is 0 Å². The van der Waals surface area contributed by atoms with Gasteiger partial charge in [0.1, 0.15) is 5.65 Å². The summed E-state index contributed by atoms with van der Waals surface area (Å²) in [5.41, 5.74) is 2.94. The van der Waals surface area contributed by atoms with E-state index in [1.807, 2.05) is 59.0 Å². The number of hydrogen-bond donors (Lipinski definition) is 0. The highest BCUT2D eigenvalue weighted by Gasteiger charge is 2.20. The van der Waals surface area contributed by atoms with Gasteiger partial charge in [0.2, 0.25) is 0 Å². The molecular formula is C23H13Cl3N2OS2. The molecule has 5 aromatic rings. The minimum Gasteiger partial charge on any atom is -0.288 e. The van der Waals surface area contributed by atoms with Crippen LogP contribution in [0.2, 0.25) is 15.1 Å². The second-order valence-corrected chi connectivity index (χ2v) is 9.88. The molecule has 31 heavy (non-hydrogen) atoms. The summed E-state index contributed by atoms with van der Waals surface area (Å²) >= 11 is 26.2. The molecule has 5 rings (SSSR count). The van der Waals surface area contributed by atoms with Crippen molar-refractivity contribution in [2.75, 3.05) is 0 Å². The minimum atomic E-state index is -0.116. The van der Waals surface area contributed by atoms with Gasteiger partial charge in [0.15, 0.2) is 3.95 Å². The maximum absolute atomic E-state index is 13.6. The number of fused-ring (bicyclic) bond motifs is 3. The Labute approximate surface area is 201 Å². The van der Waals surface area contributed by atoms with Crippen LogP contribution >= 0.6 is 58.4 Å². The summed E-state index contributed by atoms with van der Waals surface area (Å²) in [6, 6.07) is 20.3. The topological polar surface area (TPSA) is 26.4 Å². The van der Waals surface area contributed by atoms with Crippen molar-refractivity contribution in [3.05, 3.63) is 102 Å². The Morgan fingerprint density at radius 1 is 0.903 bits per heavy atom. The van der Waals surface area contributed by atoms with Crippen LogP contribution in [0.1, 0.15) is 5.56 Å². The third kappa shape index (κ3) is 3.51. The highest BCUT2D eigenvalue weighted by Crippen LogP contribution is 2.38. The molecule has 0 atom stereocenters. The number of hydrogen-bond acceptors (Lipinski definition) is 3. The van der Waals surface area contributed by atoms with Crippen LogP contribution in [0.15, 0.2) is 71.5 Å². The fourth-order valence-electron chi connectivity index (χ4n) is 3.71. The van der Waals surface area contributed by atoms with E-state index in [1.165, 1.54) is 11.3 Å². The van der Waals surface area contributed by atoms with Crippen LogP contribution in [0.25, 0.3) is 27.0 Å². The predicted octanol–water partition coefficient (Wildman–Crippen LogP) is 7.72. The van der Waals surface area contributed by atoms with Gasteiger partial charge in [-0.25, -0.2) is 0 Å². The Balaban J connectivity index is 1.94. The van der Waals surface area contributed by atoms with Crippen LogP contribution < -0.4 is 5.56 Å². The maximum Gasteiger partial charge on any atom is 0.261 e. The molecule has 0 saturated carbocycles. The molecule has 2 aromatic heterocycles. The van der Waals surface area contributed by atoms with Gasteiger partial charge >= 0.3 is 0 Å². The number of nitrogens with zero attached hydrogens (tertiary/aromatic N) is 2. The van der Waals surface area contributed by atoms with Crippen molar-refractivity contribution in [3.8, 4) is 10.4 Å². The summed E-state index contributed by atoms with van der Waals surface area (Å²) in [6.45, 7) is 0.302. The lowest BCUT2D eigenvalue weighted by molar-refractivity contribution is 0.781. The normalized spacial score (nSPS) is 11.5. The number of aromatic nitrogens is 2. The van der Waals surface area contributed by atoms with Crippen molar-refractivity contribution in [2.45, 2.75) is 6.54 Å². The molecule has 0 N–H and O–H groups in total. The minimum absolute atomic E-state index is 0.116. The SMILES string of the molecule is O=c1c2ccccc2n2c(=S)sc(-c3ccc(Cl)cc3Cl)c2n1Cc1ccccc1Cl. The van der Waals surface area contributed by atoms with E-state index in [1.54, 1.807) is 16.7 Å². The van der Waals surface area contributed by atoms with Crippen molar-refractivity contribution in [1.29, 1.82) is 0 Å². The number of thiazole rings is 1. The molecule has 0 saturated heterocycles. The molecule has 3 aromatic carbocycles. The molecule has 0 aliphatic heterocycles. The molecule has 3 nitrogen and oxygen atoms in total. The first-order valence-corrected chi connectivity index (χ1v) is 11.7. The van der Waals surface area contributed by atoms with E-state index in [0.29, 0.717) is 36.6 Å². The van der Waals surface area contributed by atoms with Crippen molar-refractivity contribution in [3.63, 3.8) is 0 Å². The van der Waals surface area contributed by atoms with Crippen LogP contribution in [-0.2, 0) is 6.54 Å². The van der Waals surface area contributed by atoms with Gasteiger partial charge in [-0.05, 0) is 48.1 Å². The van der Waals surface area contributed by atoms with E-state index in [9.17, 15) is 4.79 Å². The van der Waals surface area contributed by atoms with Gasteiger partial charge < -0.3 is 0 Å². The third-order valence-corrected chi connectivity index (χ3v) is 7.44. The van der Waals surface area contributed by atoms with Crippen molar-refractivity contribution < 1.29 is 0 Å². The molecule has 2 heterocycles. The molecule has 0 spiro atoms. The molecular weight excluding hydrogens is 491 g/mol. The van der Waals surface area contributed by atoms with Crippen molar-refractivity contribution >= 4 is 74.9 Å². The van der Waals surface area contributed by atoms with Crippen LogP contribution in [0.3, 0.4) is 0 Å². The zero-order valence-electron chi connectivity index (χ0n) is 15.8. The number of benzene rings is 3. The van der Waals surface area contributed by atoms with Crippen LogP contribution in [-0.4, -0.2) is 8.97 Å². The third-order valence-electron chi connectivity index (χ3n) is 5.13. The Morgan fingerprint density at radius 2 is 1.65 bits per heavy atom. The fourth-order valence-corrected chi connectivity index (χ4v) is 5.93. The Kier molecular flexibility index (Phi) is 5.40. The lowest BCUT2D eigenvalue weighted by atomic mass is 10.1. The summed E-state index contributed by atoms with van der Waals surface area (Å²) in [7, 11) is 0. The van der Waals surface area contributed by atoms with E-state index in [0.717, 1.165) is 21.5 Å². The highest BCUT2D eigenvalue weighted by atomic mass is 35.5. The Hall–Kier alpha value is -2.15. The first-order valence-electron chi connectivity index (χ1n) is 9.31. The monoisotopic (exact) mass is 502 g/mol. The van der Waals surface area contributed by atoms with Gasteiger partial charge in [-0.1, -0.05) is 71.2 Å². The summed E-state index contributed by atoms with van der Waals surface area (Å²) < 4.78 is 4.28. The van der Waals surface area contributed by atoms with E-state index < -0.39 is 0 Å². The number of rotatable bonds is 3. The molecule has 154 valence electrons. The average Bonchev–Trinajstić information content (AvgIpc) is 3.09. The van der Waals surface area contributed by atoms with Gasteiger partial charge in [0, 0.05) is 15.6 Å². The first kappa shape index (κ1) is 20.7. The highest BCUT2D eigenvalue weighted by molar-refractivity contribution is 7.73. The number of halogens is 3. The zero-order chi connectivity index (χ0) is 21.7. The molecule has 0 aliphatic rings. The average molecular weight is 504 g/mol. The molecule has 0 fully saturated rings. The summed E-state index contributed by atoms with van der Waals surface area (Å²) in [4.78, 5) is 14.4. The van der Waals surface area contributed by atoms with E-state index in [-0.39, 0.29) is 5.56 Å². The quantitative estimate of drug-likeness (QED) is 0.236. The smallest absolute Gasteiger partial charge is 0.261 e. The van der Waals surface area contributed by atoms with Crippen LogP contribution in [0.5, 0.6) is 0 Å². The van der Waals surface area contributed by atoms with Gasteiger partial charge in [0.05, 0.1) is 27.3 Å². The molecule has 8 heteroatoms. The second-order valence-electron chi connectivity index (χ2n) is 6.98. The molecule has 0 unspecified atom stereocenters. The maximum atomic E-state index is 13.6. The van der Waals surface area contributed by atoms with Gasteiger partial charge in [0.25, 0.3) is 5.56 Å². The fraction of sp³-hybridized carbons (Fsp3) is 0.0435. The second kappa shape index (κ2) is 8.08. The first-order chi connectivity index (χ1) is 15.0. The largest absolute Gasteiger partial charge is 0.288 e. The lowest BCUT2D eigenvalue weighted by Gasteiger charge is -2.14. The van der Waals surface area contributed by atoms with Crippen LogP contribution in [0.4, 0.5) is 0 Å². The van der Waals surface area contributed by atoms with Gasteiger partial charge in [-0.15, -0.1) is 11.3 Å². The molecule has 0 bridgehead atoms. The summed E-state index contributed by atoms with van der Waals surface area (Å²) in [5.74, 6) is 0. The number of para-hydroxylation sites is 1. The summed E-state index contributed by atoms with van der Waals surface area (Å²) in [5, 5.41) is 2.22. The Morgan fingerprint density at radius 3 is 2.42 bits per heavy atom. The van der Waals surface area contributed by atoms with Crippen LogP contribution in [0, 0.1) is 3.95 Å². The Bertz CT molecular complexity index is 1600. The van der Waals surface area contributed by atoms with Crippen molar-refractivity contribution in [1.82, 2.24) is 8.97 Å². The van der Waals surface area contributed by atoms with Gasteiger partial charge in [-0.2, -0.15) is 0 Å². The van der Waals surface area contributed by atoms with E-state index in [2.05, 4.69) is 0 Å². The zero-order valence-corrected chi connectivity index (χ0v) is 19.7. The van der Waals surface area contributed by atoms with E-state index in [4.69, 9.17) is 47.0 Å². The predicted molar refractivity (Wildman–Crippen MR) is 134 cm³/mol. The molecule has 0 radical (unpaired) electrons.